The maximum atomic E-state index is 8.98. The fourth-order valence-electron chi connectivity index (χ4n) is 1.79. The lowest BCUT2D eigenvalue weighted by molar-refractivity contribution is 0.296. The Labute approximate surface area is 106 Å². The highest BCUT2D eigenvalue weighted by Gasteiger charge is 2.12. The second-order valence-electron chi connectivity index (χ2n) is 3.76. The van der Waals surface area contributed by atoms with Crippen molar-refractivity contribution in [3.63, 3.8) is 0 Å². The second-order valence-corrected chi connectivity index (χ2v) is 3.76. The van der Waals surface area contributed by atoms with Crippen LogP contribution in [0, 0.1) is 0 Å². The Kier molecular flexibility index (Phi) is 3.84. The Bertz CT molecular complexity index is 505. The summed E-state index contributed by atoms with van der Waals surface area (Å²) in [5.74, 6) is 1.44. The first-order valence-electron chi connectivity index (χ1n) is 5.66. The van der Waals surface area contributed by atoms with Crippen LogP contribution in [0.5, 0.6) is 11.6 Å². The predicted octanol–water partition coefficient (Wildman–Crippen LogP) is 1.42. The van der Waals surface area contributed by atoms with Gasteiger partial charge in [0, 0.05) is 18.6 Å². The molecule has 0 aliphatic rings. The monoisotopic (exact) mass is 248 g/mol. The maximum absolute atomic E-state index is 8.98. The van der Waals surface area contributed by atoms with Crippen molar-refractivity contribution in [3.05, 3.63) is 36.0 Å². The molecule has 0 aliphatic heterocycles. The van der Waals surface area contributed by atoms with Gasteiger partial charge >= 0.3 is 0 Å². The van der Waals surface area contributed by atoms with Crippen LogP contribution in [0.15, 0.2) is 30.5 Å². The number of aromatic nitrogens is 2. The quantitative estimate of drug-likeness (QED) is 0.869. The molecule has 2 rings (SSSR count). The van der Waals surface area contributed by atoms with E-state index in [9.17, 15) is 0 Å². The van der Waals surface area contributed by atoms with Gasteiger partial charge in [-0.2, -0.15) is 5.10 Å². The average molecular weight is 248 g/mol. The number of hydrogen-bond acceptors (Lipinski definition) is 4. The predicted molar refractivity (Wildman–Crippen MR) is 67.5 cm³/mol. The minimum atomic E-state index is 0.0741. The van der Waals surface area contributed by atoms with Crippen molar-refractivity contribution in [3.8, 4) is 17.3 Å². The zero-order valence-electron chi connectivity index (χ0n) is 10.5. The molecule has 2 aromatic rings. The summed E-state index contributed by atoms with van der Waals surface area (Å²) < 4.78 is 12.1. The number of hydrogen-bond donors (Lipinski definition) is 1. The van der Waals surface area contributed by atoms with Gasteiger partial charge in [0.05, 0.1) is 26.1 Å². The molecule has 0 spiro atoms. The lowest BCUT2D eigenvalue weighted by atomic mass is 10.2. The third kappa shape index (κ3) is 2.31. The summed E-state index contributed by atoms with van der Waals surface area (Å²) in [5, 5.41) is 13.2. The molecule has 18 heavy (non-hydrogen) atoms. The van der Waals surface area contributed by atoms with Gasteiger partial charge in [-0.05, 0) is 24.3 Å². The molecule has 0 aliphatic carbocycles. The second kappa shape index (κ2) is 5.55. The van der Waals surface area contributed by atoms with Crippen molar-refractivity contribution in [1.82, 2.24) is 9.78 Å². The molecule has 0 saturated carbocycles. The molecule has 0 bridgehead atoms. The lowest BCUT2D eigenvalue weighted by Crippen LogP contribution is -2.01. The van der Waals surface area contributed by atoms with Gasteiger partial charge in [-0.15, -0.1) is 0 Å². The molecule has 96 valence electrons. The van der Waals surface area contributed by atoms with E-state index in [1.54, 1.807) is 25.1 Å². The first-order chi connectivity index (χ1) is 8.80. The molecule has 0 atom stereocenters. The van der Waals surface area contributed by atoms with Gasteiger partial charge in [0.2, 0.25) is 5.88 Å². The number of aliphatic hydroxyl groups is 1. The van der Waals surface area contributed by atoms with Gasteiger partial charge in [-0.1, -0.05) is 0 Å². The van der Waals surface area contributed by atoms with Gasteiger partial charge < -0.3 is 14.6 Å². The van der Waals surface area contributed by atoms with Crippen molar-refractivity contribution in [1.29, 1.82) is 0 Å². The smallest absolute Gasteiger partial charge is 0.219 e. The summed E-state index contributed by atoms with van der Waals surface area (Å²) >= 11 is 0. The van der Waals surface area contributed by atoms with E-state index in [0.29, 0.717) is 12.3 Å². The van der Waals surface area contributed by atoms with Gasteiger partial charge in [0.1, 0.15) is 5.75 Å². The Morgan fingerprint density at radius 2 is 1.89 bits per heavy atom. The minimum Gasteiger partial charge on any atom is -0.497 e. The van der Waals surface area contributed by atoms with E-state index in [2.05, 4.69) is 5.10 Å². The van der Waals surface area contributed by atoms with Crippen molar-refractivity contribution >= 4 is 0 Å². The van der Waals surface area contributed by atoms with Crippen molar-refractivity contribution < 1.29 is 14.6 Å². The molecule has 5 heteroatoms. The zero-order chi connectivity index (χ0) is 13.0. The molecule has 1 N–H and O–H groups in total. The molecule has 1 heterocycles. The van der Waals surface area contributed by atoms with E-state index in [0.717, 1.165) is 17.0 Å². The SMILES string of the molecule is COc1ccc(-n2ncc(CCO)c2OC)cc1. The Morgan fingerprint density at radius 3 is 2.44 bits per heavy atom. The fourth-order valence-corrected chi connectivity index (χ4v) is 1.79. The Hall–Kier alpha value is -2.01. The number of ether oxygens (including phenoxy) is 2. The highest BCUT2D eigenvalue weighted by molar-refractivity contribution is 5.41. The first-order valence-corrected chi connectivity index (χ1v) is 5.66. The lowest BCUT2D eigenvalue weighted by Gasteiger charge is -2.08. The normalized spacial score (nSPS) is 10.4. The molecule has 0 fully saturated rings. The number of benzene rings is 1. The van der Waals surface area contributed by atoms with Crippen LogP contribution in [0.1, 0.15) is 5.56 Å². The van der Waals surface area contributed by atoms with Crippen molar-refractivity contribution in [2.45, 2.75) is 6.42 Å². The van der Waals surface area contributed by atoms with Crippen LogP contribution in [0.25, 0.3) is 5.69 Å². The minimum absolute atomic E-state index is 0.0741. The first kappa shape index (κ1) is 12.4. The van der Waals surface area contributed by atoms with Crippen LogP contribution >= 0.6 is 0 Å². The Balaban J connectivity index is 2.36. The van der Waals surface area contributed by atoms with Gasteiger partial charge in [0.15, 0.2) is 0 Å². The largest absolute Gasteiger partial charge is 0.497 e. The fraction of sp³-hybridized carbons (Fsp3) is 0.308. The van der Waals surface area contributed by atoms with Crippen LogP contribution in [-0.4, -0.2) is 35.7 Å². The maximum Gasteiger partial charge on any atom is 0.219 e. The summed E-state index contributed by atoms with van der Waals surface area (Å²) in [6, 6.07) is 7.53. The number of nitrogens with zero attached hydrogens (tertiary/aromatic N) is 2. The molecule has 0 saturated heterocycles. The van der Waals surface area contributed by atoms with E-state index in [4.69, 9.17) is 14.6 Å². The van der Waals surface area contributed by atoms with Gasteiger partial charge in [-0.3, -0.25) is 0 Å². The van der Waals surface area contributed by atoms with Gasteiger partial charge in [0.25, 0.3) is 0 Å². The van der Waals surface area contributed by atoms with Crippen LogP contribution < -0.4 is 9.47 Å². The van der Waals surface area contributed by atoms with E-state index in [1.165, 1.54) is 0 Å². The molecule has 0 radical (unpaired) electrons. The molecule has 1 aromatic carbocycles. The topological polar surface area (TPSA) is 56.5 Å². The van der Waals surface area contributed by atoms with Crippen LogP contribution in [0.2, 0.25) is 0 Å². The average Bonchev–Trinajstić information content (AvgIpc) is 2.82. The Morgan fingerprint density at radius 1 is 1.17 bits per heavy atom. The third-order valence-corrected chi connectivity index (χ3v) is 2.69. The molecular weight excluding hydrogens is 232 g/mol. The van der Waals surface area contributed by atoms with E-state index >= 15 is 0 Å². The van der Waals surface area contributed by atoms with Crippen molar-refractivity contribution in [2.24, 2.45) is 0 Å². The van der Waals surface area contributed by atoms with Gasteiger partial charge in [-0.25, -0.2) is 4.68 Å². The summed E-state index contributed by atoms with van der Waals surface area (Å²) in [4.78, 5) is 0. The summed E-state index contributed by atoms with van der Waals surface area (Å²) in [7, 11) is 3.22. The van der Waals surface area contributed by atoms with Crippen molar-refractivity contribution in [2.75, 3.05) is 20.8 Å². The molecule has 5 nitrogen and oxygen atoms in total. The van der Waals surface area contributed by atoms with Crippen LogP contribution in [0.4, 0.5) is 0 Å². The summed E-state index contributed by atoms with van der Waals surface area (Å²) in [5.41, 5.74) is 1.77. The summed E-state index contributed by atoms with van der Waals surface area (Å²) in [6.45, 7) is 0.0741. The van der Waals surface area contributed by atoms with E-state index in [1.807, 2.05) is 24.3 Å². The standard InChI is InChI=1S/C13H16N2O3/c1-17-12-5-3-11(4-6-12)15-13(18-2)10(7-8-16)9-14-15/h3-6,9,16H,7-8H2,1-2H3. The van der Waals surface area contributed by atoms with E-state index < -0.39 is 0 Å². The molecule has 0 amide bonds. The highest BCUT2D eigenvalue weighted by atomic mass is 16.5. The third-order valence-electron chi connectivity index (χ3n) is 2.69. The molecule has 0 unspecified atom stereocenters. The highest BCUT2D eigenvalue weighted by Crippen LogP contribution is 2.24. The van der Waals surface area contributed by atoms with E-state index in [-0.39, 0.29) is 6.61 Å². The molecule has 1 aromatic heterocycles. The number of methoxy groups -OCH3 is 2. The number of rotatable bonds is 5. The zero-order valence-corrected chi connectivity index (χ0v) is 10.5. The van der Waals surface area contributed by atoms with Crippen LogP contribution in [0.3, 0.4) is 0 Å². The number of aliphatic hydroxyl groups excluding tert-OH is 1. The summed E-state index contributed by atoms with van der Waals surface area (Å²) in [6.07, 6.45) is 2.23. The van der Waals surface area contributed by atoms with Crippen LogP contribution in [-0.2, 0) is 6.42 Å². The molecular formula is C13H16N2O3.